The first-order chi connectivity index (χ1) is 30.8. The number of ether oxygens (including phenoxy) is 2. The molecule has 0 saturated carbocycles. The Morgan fingerprint density at radius 3 is 1.39 bits per heavy atom. The maximum atomic E-state index is 14.6. The van der Waals surface area contributed by atoms with Gasteiger partial charge in [-0.15, -0.1) is 0 Å². The molecule has 0 amide bonds. The van der Waals surface area contributed by atoms with Crippen LogP contribution in [0.15, 0.2) is 44.6 Å². The molecule has 12 nitrogen and oxygen atoms in total. The lowest BCUT2D eigenvalue weighted by Gasteiger charge is -2.34. The van der Waals surface area contributed by atoms with Crippen molar-refractivity contribution in [2.24, 2.45) is 0 Å². The lowest BCUT2D eigenvalue weighted by Crippen LogP contribution is -2.46. The summed E-state index contributed by atoms with van der Waals surface area (Å²) in [7, 11) is 8.56. The average molecular weight is 889 g/mol. The number of hydrogen-bond donors (Lipinski definition) is 2. The van der Waals surface area contributed by atoms with E-state index in [0.29, 0.717) is 65.2 Å². The largest absolute Gasteiger partial charge is 0.507 e. The lowest BCUT2D eigenvalue weighted by atomic mass is 9.95. The second-order valence-corrected chi connectivity index (χ2v) is 19.3. The third kappa shape index (κ3) is 15.8. The molecule has 64 heavy (non-hydrogen) atoms. The van der Waals surface area contributed by atoms with Gasteiger partial charge in [-0.2, -0.15) is 0 Å². The number of hydrogen-bond acceptors (Lipinski definition) is 12. The van der Waals surface area contributed by atoms with Crippen LogP contribution in [0.3, 0.4) is 0 Å². The maximum Gasteiger partial charge on any atom is 0.204 e. The molecule has 0 atom stereocenters. The summed E-state index contributed by atoms with van der Waals surface area (Å²) in [6.07, 6.45) is 13.7. The normalized spacial score (nSPS) is 15.8. The minimum Gasteiger partial charge on any atom is -0.507 e. The van der Waals surface area contributed by atoms with Gasteiger partial charge in [-0.05, 0) is 165 Å². The topological polar surface area (TPSA) is 109 Å². The molecule has 2 aliphatic heterocycles. The number of fused-ring (bicyclic) bond motifs is 2. The molecule has 0 unspecified atom stereocenters. The Bertz CT molecular complexity index is 2000. The molecule has 3 aromatic rings. The first-order valence-corrected chi connectivity index (χ1v) is 24.5. The van der Waals surface area contributed by atoms with Crippen LogP contribution >= 0.6 is 0 Å². The Balaban J connectivity index is 1.26. The van der Waals surface area contributed by atoms with Gasteiger partial charge in [0.1, 0.15) is 33.8 Å². The monoisotopic (exact) mass is 889 g/mol. The summed E-state index contributed by atoms with van der Waals surface area (Å²) >= 11 is 0. The predicted molar refractivity (Wildman–Crippen MR) is 265 cm³/mol. The first-order valence-electron chi connectivity index (χ1n) is 24.5. The van der Waals surface area contributed by atoms with Crippen molar-refractivity contribution in [1.29, 1.82) is 0 Å². The highest BCUT2D eigenvalue weighted by Crippen LogP contribution is 2.39. The van der Waals surface area contributed by atoms with Crippen molar-refractivity contribution in [2.45, 2.75) is 98.5 Å². The minimum absolute atomic E-state index is 0.110. The highest BCUT2D eigenvalue weighted by Gasteiger charge is 2.24. The average Bonchev–Trinajstić information content (AvgIpc) is 3.25. The number of phenols is 1. The fraction of sp³-hybridized carbons (Fsp3) is 0.673. The van der Waals surface area contributed by atoms with Gasteiger partial charge in [-0.25, -0.2) is 0 Å². The molecule has 2 aliphatic rings. The molecule has 5 rings (SSSR count). The van der Waals surface area contributed by atoms with Gasteiger partial charge in [0.15, 0.2) is 0 Å². The second-order valence-electron chi connectivity index (χ2n) is 19.3. The van der Waals surface area contributed by atoms with Crippen LogP contribution in [-0.4, -0.2) is 173 Å². The summed E-state index contributed by atoms with van der Waals surface area (Å²) in [5, 5.41) is 23.2. The summed E-state index contributed by atoms with van der Waals surface area (Å²) in [6, 6.07) is 3.54. The molecular weight excluding hydrogens is 805 g/mol. The van der Waals surface area contributed by atoms with E-state index in [2.05, 4.69) is 63.7 Å². The van der Waals surface area contributed by atoms with Crippen molar-refractivity contribution in [3.05, 3.63) is 62.3 Å². The van der Waals surface area contributed by atoms with Crippen molar-refractivity contribution >= 4 is 21.9 Å². The first kappa shape index (κ1) is 51.5. The smallest absolute Gasteiger partial charge is 0.204 e. The molecule has 0 radical (unpaired) electrons. The van der Waals surface area contributed by atoms with Gasteiger partial charge < -0.3 is 53.5 Å². The number of phenolic OH excluding ortho intramolecular Hbond substituents is 1. The van der Waals surface area contributed by atoms with E-state index in [9.17, 15) is 15.0 Å². The van der Waals surface area contributed by atoms with E-state index in [1.807, 2.05) is 33.8 Å². The van der Waals surface area contributed by atoms with Gasteiger partial charge in [0, 0.05) is 75.6 Å². The number of aliphatic hydroxyl groups is 1. The van der Waals surface area contributed by atoms with Crippen molar-refractivity contribution in [3.63, 3.8) is 0 Å². The van der Waals surface area contributed by atoms with Crippen LogP contribution in [0.4, 0.5) is 0 Å². The van der Waals surface area contributed by atoms with Crippen LogP contribution in [-0.2, 0) is 19.4 Å². The predicted octanol–water partition coefficient (Wildman–Crippen LogP) is 7.40. The Kier molecular flexibility index (Phi) is 21.4. The van der Waals surface area contributed by atoms with Crippen LogP contribution in [0.25, 0.3) is 21.9 Å². The SMILES string of the molecule is CC(C)=CCc1c(OCCCCN2CCN(CCCCN(C)C)CC2)cc2oc3cc(OCCCCN4CCN(CCCCN(C)C)CC4)c(CO)c(CC=C(C)C)c3c(=O)c2c1O. The number of aliphatic hydroxyl groups excluding tert-OH is 1. The molecule has 0 bridgehead atoms. The highest BCUT2D eigenvalue weighted by atomic mass is 16.5. The van der Waals surface area contributed by atoms with Gasteiger partial charge in [-0.1, -0.05) is 23.3 Å². The third-order valence-electron chi connectivity index (χ3n) is 12.9. The summed E-state index contributed by atoms with van der Waals surface area (Å²) in [4.78, 5) is 29.5. The third-order valence-corrected chi connectivity index (χ3v) is 12.9. The summed E-state index contributed by atoms with van der Waals surface area (Å²) in [5.41, 5.74) is 4.35. The number of nitrogens with zero attached hydrogens (tertiary/aromatic N) is 6. The molecule has 2 aromatic carbocycles. The quantitative estimate of drug-likeness (QED) is 0.0453. The Hall–Kier alpha value is -3.49. The van der Waals surface area contributed by atoms with Crippen molar-refractivity contribution in [3.8, 4) is 17.2 Å². The van der Waals surface area contributed by atoms with E-state index in [1.54, 1.807) is 12.1 Å². The molecule has 2 saturated heterocycles. The number of unbranched alkanes of at least 4 members (excludes halogenated alkanes) is 4. The van der Waals surface area contributed by atoms with E-state index in [4.69, 9.17) is 13.9 Å². The molecule has 2 fully saturated rings. The molecule has 0 spiro atoms. The van der Waals surface area contributed by atoms with Crippen molar-refractivity contribution in [2.75, 3.05) is 133 Å². The molecule has 358 valence electrons. The van der Waals surface area contributed by atoms with E-state index in [0.717, 1.165) is 115 Å². The number of rotatable bonds is 27. The lowest BCUT2D eigenvalue weighted by molar-refractivity contribution is 0.127. The van der Waals surface area contributed by atoms with E-state index >= 15 is 0 Å². The number of benzene rings is 2. The van der Waals surface area contributed by atoms with Gasteiger partial charge in [0.05, 0.1) is 25.2 Å². The zero-order chi connectivity index (χ0) is 46.0. The van der Waals surface area contributed by atoms with Crippen LogP contribution in [0.1, 0.15) is 95.8 Å². The molecule has 3 heterocycles. The number of aromatic hydroxyl groups is 1. The molecule has 12 heteroatoms. The summed E-state index contributed by atoms with van der Waals surface area (Å²) in [6.45, 7) is 24.4. The van der Waals surface area contributed by atoms with Crippen LogP contribution < -0.4 is 14.9 Å². The van der Waals surface area contributed by atoms with Crippen LogP contribution in [0.5, 0.6) is 17.2 Å². The fourth-order valence-electron chi connectivity index (χ4n) is 8.97. The Morgan fingerprint density at radius 1 is 0.594 bits per heavy atom. The van der Waals surface area contributed by atoms with E-state index < -0.39 is 0 Å². The zero-order valence-corrected chi connectivity index (χ0v) is 41.1. The molecular formula is C52H84N6O6. The van der Waals surface area contributed by atoms with Gasteiger partial charge in [0.25, 0.3) is 0 Å². The number of piperazine rings is 2. The van der Waals surface area contributed by atoms with Crippen molar-refractivity contribution < 1.29 is 24.1 Å². The summed E-state index contributed by atoms with van der Waals surface area (Å²) in [5.74, 6) is 0.947. The zero-order valence-electron chi connectivity index (χ0n) is 41.1. The van der Waals surface area contributed by atoms with E-state index in [1.165, 1.54) is 38.8 Å². The molecule has 1 aromatic heterocycles. The van der Waals surface area contributed by atoms with Gasteiger partial charge in [-0.3, -0.25) is 4.79 Å². The highest BCUT2D eigenvalue weighted by molar-refractivity contribution is 5.97. The Labute approximate surface area is 385 Å². The number of allylic oxidation sites excluding steroid dienone is 4. The standard InChI is InChI=1S/C52H84N6O6/c1-40(2)17-19-42-44(39-59)46(63-36-16-14-26-58-33-29-56(30-34-58)24-12-10-22-54(7)8)38-47-49(42)52(61)50-48(64-47)37-45(43(51(50)60)20-18-41(3)4)62-35-15-13-25-57-31-27-55(28-32-57)23-11-9-21-53(5)6/h17-18,37-38,59-60H,9-16,19-36,39H2,1-8H3. The van der Waals surface area contributed by atoms with Crippen molar-refractivity contribution in [1.82, 2.24) is 29.4 Å². The second kappa shape index (κ2) is 26.6. The van der Waals surface area contributed by atoms with Crippen LogP contribution in [0.2, 0.25) is 0 Å². The molecule has 0 aliphatic carbocycles. The maximum absolute atomic E-state index is 14.6. The van der Waals surface area contributed by atoms with E-state index in [-0.39, 0.29) is 28.8 Å². The fourth-order valence-corrected chi connectivity index (χ4v) is 8.97. The van der Waals surface area contributed by atoms with Gasteiger partial charge in [0.2, 0.25) is 5.43 Å². The summed E-state index contributed by atoms with van der Waals surface area (Å²) < 4.78 is 19.4. The Morgan fingerprint density at radius 2 is 0.984 bits per heavy atom. The van der Waals surface area contributed by atoms with Crippen LogP contribution in [0, 0.1) is 0 Å². The van der Waals surface area contributed by atoms with Gasteiger partial charge >= 0.3 is 0 Å². The molecule has 2 N–H and O–H groups in total. The minimum atomic E-state index is -0.320.